The molecule has 0 bridgehead atoms. The lowest BCUT2D eigenvalue weighted by Gasteiger charge is -2.07. The molecule has 0 spiro atoms. The van der Waals surface area contributed by atoms with Crippen molar-refractivity contribution < 1.29 is 8.42 Å². The van der Waals surface area contributed by atoms with E-state index >= 15 is 0 Å². The van der Waals surface area contributed by atoms with E-state index in [0.29, 0.717) is 26.6 Å². The van der Waals surface area contributed by atoms with Gasteiger partial charge < -0.3 is 5.73 Å². The van der Waals surface area contributed by atoms with E-state index in [1.54, 1.807) is 25.1 Å². The number of aryl methyl sites for hydroxylation is 1. The van der Waals surface area contributed by atoms with Crippen LogP contribution in [-0.2, 0) is 10.0 Å². The van der Waals surface area contributed by atoms with Crippen LogP contribution in [0.5, 0.6) is 0 Å². The van der Waals surface area contributed by atoms with Crippen LogP contribution in [0, 0.1) is 6.92 Å². The molecule has 0 aliphatic carbocycles. The van der Waals surface area contributed by atoms with Gasteiger partial charge in [-0.15, -0.1) is 0 Å². The summed E-state index contributed by atoms with van der Waals surface area (Å²) in [4.78, 5) is 0.0220. The SMILES string of the molecule is Cc1nn(S(=O)(=O)c2ccc(Cl)c(N)c2)c2ccc(Cl)cc12. The first-order valence-corrected chi connectivity index (χ1v) is 8.46. The Morgan fingerprint density at radius 3 is 2.55 bits per heavy atom. The molecule has 0 fully saturated rings. The van der Waals surface area contributed by atoms with E-state index in [9.17, 15) is 8.42 Å². The van der Waals surface area contributed by atoms with Gasteiger partial charge in [-0.25, -0.2) is 0 Å². The Hall–Kier alpha value is -1.76. The summed E-state index contributed by atoms with van der Waals surface area (Å²) in [5, 5.41) is 5.62. The van der Waals surface area contributed by atoms with Crippen molar-refractivity contribution in [3.05, 3.63) is 52.1 Å². The van der Waals surface area contributed by atoms with Gasteiger partial charge in [-0.1, -0.05) is 23.2 Å². The molecule has 3 aromatic rings. The summed E-state index contributed by atoms with van der Waals surface area (Å²) >= 11 is 11.8. The van der Waals surface area contributed by atoms with Crippen LogP contribution in [0.15, 0.2) is 41.3 Å². The highest BCUT2D eigenvalue weighted by Crippen LogP contribution is 2.28. The van der Waals surface area contributed by atoms with Crippen molar-refractivity contribution in [1.29, 1.82) is 0 Å². The van der Waals surface area contributed by atoms with Gasteiger partial charge in [0, 0.05) is 10.4 Å². The minimum absolute atomic E-state index is 0.0220. The van der Waals surface area contributed by atoms with Crippen molar-refractivity contribution in [1.82, 2.24) is 9.19 Å². The van der Waals surface area contributed by atoms with Crippen molar-refractivity contribution in [3.8, 4) is 0 Å². The number of aromatic nitrogens is 2. The first-order valence-electron chi connectivity index (χ1n) is 6.26. The minimum atomic E-state index is -3.87. The number of halogens is 2. The van der Waals surface area contributed by atoms with Gasteiger partial charge in [-0.05, 0) is 43.3 Å². The number of hydrogen-bond donors (Lipinski definition) is 1. The van der Waals surface area contributed by atoms with Crippen LogP contribution in [0.1, 0.15) is 5.69 Å². The summed E-state index contributed by atoms with van der Waals surface area (Å²) < 4.78 is 26.5. The second-order valence-electron chi connectivity index (χ2n) is 4.78. The Kier molecular flexibility index (Phi) is 3.55. The van der Waals surface area contributed by atoms with Crippen molar-refractivity contribution in [2.75, 3.05) is 5.73 Å². The summed E-state index contributed by atoms with van der Waals surface area (Å²) in [6.07, 6.45) is 0. The normalized spacial score (nSPS) is 12.0. The van der Waals surface area contributed by atoms with Crippen LogP contribution in [-0.4, -0.2) is 17.6 Å². The predicted octanol–water partition coefficient (Wildman–Crippen LogP) is 3.47. The first kappa shape index (κ1) is 15.1. The van der Waals surface area contributed by atoms with Gasteiger partial charge in [0.05, 0.1) is 26.8 Å². The maximum Gasteiger partial charge on any atom is 0.283 e. The molecule has 0 saturated heterocycles. The minimum Gasteiger partial charge on any atom is -0.397 e. The van der Waals surface area contributed by atoms with Crippen molar-refractivity contribution in [2.24, 2.45) is 0 Å². The van der Waals surface area contributed by atoms with Gasteiger partial charge in [-0.2, -0.15) is 17.6 Å². The van der Waals surface area contributed by atoms with Crippen LogP contribution in [0.4, 0.5) is 5.69 Å². The number of nitrogens with zero attached hydrogens (tertiary/aromatic N) is 2. The largest absolute Gasteiger partial charge is 0.397 e. The second-order valence-corrected chi connectivity index (χ2v) is 7.39. The first-order chi connectivity index (χ1) is 10.3. The molecule has 8 heteroatoms. The lowest BCUT2D eigenvalue weighted by molar-refractivity contribution is 0.582. The quantitative estimate of drug-likeness (QED) is 0.713. The summed E-state index contributed by atoms with van der Waals surface area (Å²) in [6.45, 7) is 1.72. The summed E-state index contributed by atoms with van der Waals surface area (Å²) in [6, 6.07) is 9.08. The zero-order valence-corrected chi connectivity index (χ0v) is 13.7. The molecule has 1 heterocycles. The van der Waals surface area contributed by atoms with E-state index in [0.717, 1.165) is 4.09 Å². The number of benzene rings is 2. The highest BCUT2D eigenvalue weighted by atomic mass is 35.5. The fourth-order valence-corrected chi connectivity index (χ4v) is 3.83. The Balaban J connectivity index is 2.27. The maximum atomic E-state index is 12.8. The second kappa shape index (κ2) is 5.15. The molecule has 1 aromatic heterocycles. The summed E-state index contributed by atoms with van der Waals surface area (Å²) in [5.41, 5.74) is 6.91. The van der Waals surface area contributed by atoms with E-state index < -0.39 is 10.0 Å². The Morgan fingerprint density at radius 1 is 1.14 bits per heavy atom. The molecule has 0 unspecified atom stereocenters. The van der Waals surface area contributed by atoms with E-state index in [-0.39, 0.29) is 10.6 Å². The van der Waals surface area contributed by atoms with E-state index in [4.69, 9.17) is 28.9 Å². The average molecular weight is 356 g/mol. The van der Waals surface area contributed by atoms with Gasteiger partial charge in [0.25, 0.3) is 10.0 Å². The molecular formula is C14H11Cl2N3O2S. The number of hydrogen-bond acceptors (Lipinski definition) is 4. The number of rotatable bonds is 2. The number of fused-ring (bicyclic) bond motifs is 1. The van der Waals surface area contributed by atoms with E-state index in [1.165, 1.54) is 18.2 Å². The Labute approximate surface area is 137 Å². The highest BCUT2D eigenvalue weighted by Gasteiger charge is 2.22. The average Bonchev–Trinajstić information content (AvgIpc) is 2.79. The molecule has 0 aliphatic rings. The van der Waals surface area contributed by atoms with Crippen LogP contribution < -0.4 is 5.73 Å². The lowest BCUT2D eigenvalue weighted by atomic mass is 10.2. The van der Waals surface area contributed by atoms with Gasteiger partial charge >= 0.3 is 0 Å². The standard InChI is InChI=1S/C14H11Cl2N3O2S/c1-8-11-6-9(15)2-5-14(11)19(18-8)22(20,21)10-3-4-12(16)13(17)7-10/h2-7H,17H2,1H3. The van der Waals surface area contributed by atoms with Crippen LogP contribution >= 0.6 is 23.2 Å². The third-order valence-corrected chi connectivity index (χ3v) is 5.45. The molecule has 0 atom stereocenters. The molecule has 0 saturated carbocycles. The van der Waals surface area contributed by atoms with Gasteiger partial charge in [-0.3, -0.25) is 0 Å². The highest BCUT2D eigenvalue weighted by molar-refractivity contribution is 7.90. The number of anilines is 1. The molecule has 2 aromatic carbocycles. The molecule has 2 N–H and O–H groups in total. The van der Waals surface area contributed by atoms with Crippen LogP contribution in [0.2, 0.25) is 10.0 Å². The monoisotopic (exact) mass is 355 g/mol. The number of nitrogens with two attached hydrogens (primary N) is 1. The fraction of sp³-hybridized carbons (Fsp3) is 0.0714. The third kappa shape index (κ3) is 2.33. The molecule has 0 radical (unpaired) electrons. The molecule has 0 aliphatic heterocycles. The van der Waals surface area contributed by atoms with Gasteiger partial charge in [0.2, 0.25) is 0 Å². The van der Waals surface area contributed by atoms with Crippen LogP contribution in [0.25, 0.3) is 10.9 Å². The van der Waals surface area contributed by atoms with Crippen molar-refractivity contribution >= 4 is 49.8 Å². The molecule has 0 amide bonds. The van der Waals surface area contributed by atoms with E-state index in [2.05, 4.69) is 5.10 Å². The van der Waals surface area contributed by atoms with Crippen molar-refractivity contribution in [3.63, 3.8) is 0 Å². The number of nitrogen functional groups attached to an aromatic ring is 1. The maximum absolute atomic E-state index is 12.8. The molecule has 5 nitrogen and oxygen atoms in total. The lowest BCUT2D eigenvalue weighted by Crippen LogP contribution is -2.15. The summed E-state index contributed by atoms with van der Waals surface area (Å²) in [7, 11) is -3.87. The van der Waals surface area contributed by atoms with Gasteiger partial charge in [0.15, 0.2) is 0 Å². The topological polar surface area (TPSA) is 78.0 Å². The molecule has 114 valence electrons. The third-order valence-electron chi connectivity index (χ3n) is 3.29. The zero-order chi connectivity index (χ0) is 16.1. The Morgan fingerprint density at radius 2 is 1.86 bits per heavy atom. The zero-order valence-electron chi connectivity index (χ0n) is 11.4. The Bertz CT molecular complexity index is 997. The molecular weight excluding hydrogens is 345 g/mol. The van der Waals surface area contributed by atoms with Crippen molar-refractivity contribution in [2.45, 2.75) is 11.8 Å². The predicted molar refractivity (Wildman–Crippen MR) is 87.9 cm³/mol. The van der Waals surface area contributed by atoms with Crippen LogP contribution in [0.3, 0.4) is 0 Å². The summed E-state index contributed by atoms with van der Waals surface area (Å²) in [5.74, 6) is 0. The molecule has 22 heavy (non-hydrogen) atoms. The smallest absolute Gasteiger partial charge is 0.283 e. The molecule has 3 rings (SSSR count). The van der Waals surface area contributed by atoms with E-state index in [1.807, 2.05) is 0 Å². The fourth-order valence-electron chi connectivity index (χ4n) is 2.17. The van der Waals surface area contributed by atoms with Gasteiger partial charge in [0.1, 0.15) is 0 Å².